The molecule has 5 heteroatoms. The van der Waals surface area contributed by atoms with Crippen molar-refractivity contribution in [2.24, 2.45) is 0 Å². The fourth-order valence-corrected chi connectivity index (χ4v) is 2.74. The molecule has 88 valence electrons. The predicted octanol–water partition coefficient (Wildman–Crippen LogP) is 1.82. The summed E-state index contributed by atoms with van der Waals surface area (Å²) in [6.45, 7) is 0.747. The average Bonchev–Trinajstić information content (AvgIpc) is 2.33. The van der Waals surface area contributed by atoms with Crippen molar-refractivity contribution in [1.82, 2.24) is 0 Å². The van der Waals surface area contributed by atoms with Crippen molar-refractivity contribution in [1.29, 1.82) is 0 Å². The summed E-state index contributed by atoms with van der Waals surface area (Å²) in [4.78, 5) is 24.1. The second-order valence-corrected chi connectivity index (χ2v) is 4.52. The third-order valence-corrected chi connectivity index (χ3v) is 3.47. The fraction of sp³-hybridized carbons (Fsp3) is 0.417. The van der Waals surface area contributed by atoms with Gasteiger partial charge in [-0.3, -0.25) is 14.9 Å². The van der Waals surface area contributed by atoms with Crippen LogP contribution in [0.5, 0.6) is 0 Å². The number of benzene rings is 1. The molecule has 5 nitrogen and oxygen atoms in total. The van der Waals surface area contributed by atoms with E-state index < -0.39 is 0 Å². The van der Waals surface area contributed by atoms with Crippen LogP contribution < -0.4 is 4.90 Å². The van der Waals surface area contributed by atoms with Gasteiger partial charge in [-0.15, -0.1) is 0 Å². The molecular formula is C12H12N2O3. The molecule has 0 bridgehead atoms. The number of hydrogen-bond donors (Lipinski definition) is 0. The summed E-state index contributed by atoms with van der Waals surface area (Å²) >= 11 is 0. The highest BCUT2D eigenvalue weighted by Gasteiger charge is 2.30. The molecule has 0 saturated heterocycles. The van der Waals surface area contributed by atoms with E-state index in [9.17, 15) is 14.9 Å². The number of amides is 1. The molecule has 0 fully saturated rings. The molecule has 0 atom stereocenters. The number of rotatable bonds is 1. The highest BCUT2D eigenvalue weighted by atomic mass is 16.6. The van der Waals surface area contributed by atoms with Crippen LogP contribution in [0, 0.1) is 10.1 Å². The molecule has 1 aromatic rings. The van der Waals surface area contributed by atoms with Gasteiger partial charge in [-0.05, 0) is 30.4 Å². The Morgan fingerprint density at radius 3 is 2.59 bits per heavy atom. The average molecular weight is 232 g/mol. The van der Waals surface area contributed by atoms with Crippen molar-refractivity contribution in [3.05, 3.63) is 33.4 Å². The van der Waals surface area contributed by atoms with Crippen LogP contribution in [0.4, 0.5) is 11.4 Å². The molecule has 0 aromatic heterocycles. The van der Waals surface area contributed by atoms with Gasteiger partial charge in [-0.2, -0.15) is 0 Å². The normalized spacial score (nSPS) is 17.9. The quantitative estimate of drug-likeness (QED) is 0.548. The summed E-state index contributed by atoms with van der Waals surface area (Å²) in [6, 6.07) is 3.23. The summed E-state index contributed by atoms with van der Waals surface area (Å²) in [6.07, 6.45) is 2.81. The molecule has 2 aliphatic rings. The molecule has 2 heterocycles. The molecular weight excluding hydrogens is 220 g/mol. The van der Waals surface area contributed by atoms with Gasteiger partial charge in [0, 0.05) is 25.1 Å². The Labute approximate surface area is 98.2 Å². The lowest BCUT2D eigenvalue weighted by Gasteiger charge is -2.34. The molecule has 3 rings (SSSR count). The van der Waals surface area contributed by atoms with Crippen LogP contribution in [0.1, 0.15) is 24.0 Å². The van der Waals surface area contributed by atoms with Crippen molar-refractivity contribution in [2.75, 3.05) is 11.4 Å². The Balaban J connectivity index is 2.20. The lowest BCUT2D eigenvalue weighted by Crippen LogP contribution is -2.39. The summed E-state index contributed by atoms with van der Waals surface area (Å²) in [5, 5.41) is 10.8. The number of nitro groups is 1. The van der Waals surface area contributed by atoms with E-state index in [1.165, 1.54) is 0 Å². The summed E-state index contributed by atoms with van der Waals surface area (Å²) in [5.74, 6) is 0.146. The summed E-state index contributed by atoms with van der Waals surface area (Å²) in [7, 11) is 0. The van der Waals surface area contributed by atoms with Crippen LogP contribution in [0.15, 0.2) is 12.1 Å². The Morgan fingerprint density at radius 2 is 1.88 bits per heavy atom. The van der Waals surface area contributed by atoms with Crippen LogP contribution >= 0.6 is 0 Å². The van der Waals surface area contributed by atoms with Crippen LogP contribution in [0.25, 0.3) is 0 Å². The van der Waals surface area contributed by atoms with E-state index in [-0.39, 0.29) is 16.5 Å². The monoisotopic (exact) mass is 232 g/mol. The maximum absolute atomic E-state index is 11.8. The summed E-state index contributed by atoms with van der Waals surface area (Å²) in [5.41, 5.74) is 3.00. The Morgan fingerprint density at radius 1 is 1.18 bits per heavy atom. The van der Waals surface area contributed by atoms with Gasteiger partial charge in [0.25, 0.3) is 5.69 Å². The number of non-ortho nitro benzene ring substituents is 1. The van der Waals surface area contributed by atoms with Crippen LogP contribution in [-0.2, 0) is 17.6 Å². The second-order valence-electron chi connectivity index (χ2n) is 4.52. The predicted molar refractivity (Wildman–Crippen MR) is 62.1 cm³/mol. The van der Waals surface area contributed by atoms with Crippen molar-refractivity contribution in [2.45, 2.75) is 25.7 Å². The fourth-order valence-electron chi connectivity index (χ4n) is 2.74. The minimum absolute atomic E-state index is 0.146. The molecule has 1 aromatic carbocycles. The van der Waals surface area contributed by atoms with E-state index >= 15 is 0 Å². The highest BCUT2D eigenvalue weighted by molar-refractivity contribution is 5.98. The topological polar surface area (TPSA) is 63.4 Å². The SMILES string of the molecule is O=C1CCc2cc([N+](=O)[O-])cc3c2N1CCC3. The number of hydrogen-bond acceptors (Lipinski definition) is 3. The minimum atomic E-state index is -0.355. The van der Waals surface area contributed by atoms with Gasteiger partial charge < -0.3 is 4.90 Å². The van der Waals surface area contributed by atoms with E-state index in [0.29, 0.717) is 12.8 Å². The van der Waals surface area contributed by atoms with E-state index in [2.05, 4.69) is 0 Å². The van der Waals surface area contributed by atoms with Gasteiger partial charge in [-0.25, -0.2) is 0 Å². The number of anilines is 1. The minimum Gasteiger partial charge on any atom is -0.312 e. The van der Waals surface area contributed by atoms with Crippen molar-refractivity contribution in [3.8, 4) is 0 Å². The van der Waals surface area contributed by atoms with Gasteiger partial charge in [0.05, 0.1) is 10.6 Å². The number of nitrogens with zero attached hydrogens (tertiary/aromatic N) is 2. The molecule has 2 aliphatic heterocycles. The van der Waals surface area contributed by atoms with Crippen LogP contribution in [0.3, 0.4) is 0 Å². The molecule has 0 unspecified atom stereocenters. The second kappa shape index (κ2) is 3.55. The maximum atomic E-state index is 11.8. The first kappa shape index (κ1) is 10.3. The standard InChI is InChI=1S/C12H12N2O3/c15-11-4-3-9-7-10(14(16)17)6-8-2-1-5-13(11)12(8)9/h6-7H,1-5H2. The zero-order valence-corrected chi connectivity index (χ0v) is 9.31. The first-order valence-corrected chi connectivity index (χ1v) is 5.77. The van der Waals surface area contributed by atoms with E-state index in [1.807, 2.05) is 0 Å². The third-order valence-electron chi connectivity index (χ3n) is 3.47. The van der Waals surface area contributed by atoms with Gasteiger partial charge >= 0.3 is 0 Å². The smallest absolute Gasteiger partial charge is 0.270 e. The summed E-state index contributed by atoms with van der Waals surface area (Å²) < 4.78 is 0. The third kappa shape index (κ3) is 1.50. The number of aryl methyl sites for hydroxylation is 2. The Hall–Kier alpha value is -1.91. The van der Waals surface area contributed by atoms with Gasteiger partial charge in [0.2, 0.25) is 5.91 Å². The molecule has 0 radical (unpaired) electrons. The molecule has 0 spiro atoms. The molecule has 1 amide bonds. The molecule has 17 heavy (non-hydrogen) atoms. The van der Waals surface area contributed by atoms with Gasteiger partial charge in [0.15, 0.2) is 0 Å². The van der Waals surface area contributed by atoms with E-state index in [0.717, 1.165) is 36.2 Å². The van der Waals surface area contributed by atoms with Crippen LogP contribution in [0.2, 0.25) is 0 Å². The van der Waals surface area contributed by atoms with Crippen molar-refractivity contribution in [3.63, 3.8) is 0 Å². The number of carbonyl (C=O) groups is 1. The van der Waals surface area contributed by atoms with Gasteiger partial charge in [0.1, 0.15) is 0 Å². The zero-order valence-electron chi connectivity index (χ0n) is 9.31. The largest absolute Gasteiger partial charge is 0.312 e. The molecule has 0 saturated carbocycles. The first-order valence-electron chi connectivity index (χ1n) is 5.77. The van der Waals surface area contributed by atoms with E-state index in [4.69, 9.17) is 0 Å². The number of nitro benzene ring substituents is 1. The lowest BCUT2D eigenvalue weighted by molar-refractivity contribution is -0.385. The van der Waals surface area contributed by atoms with E-state index in [1.54, 1.807) is 17.0 Å². The molecule has 0 aliphatic carbocycles. The first-order chi connectivity index (χ1) is 8.16. The lowest BCUT2D eigenvalue weighted by atomic mass is 9.91. The highest BCUT2D eigenvalue weighted by Crippen LogP contribution is 2.38. The number of carbonyl (C=O) groups excluding carboxylic acids is 1. The van der Waals surface area contributed by atoms with Crippen LogP contribution in [-0.4, -0.2) is 17.4 Å². The molecule has 0 N–H and O–H groups in total. The maximum Gasteiger partial charge on any atom is 0.270 e. The van der Waals surface area contributed by atoms with Crippen molar-refractivity contribution < 1.29 is 9.72 Å². The van der Waals surface area contributed by atoms with Gasteiger partial charge in [-0.1, -0.05) is 0 Å². The zero-order chi connectivity index (χ0) is 12.0. The van der Waals surface area contributed by atoms with Crippen molar-refractivity contribution >= 4 is 17.3 Å². The Bertz CT molecular complexity index is 507. The Kier molecular flexibility index (Phi) is 2.14.